The van der Waals surface area contributed by atoms with Crippen molar-refractivity contribution in [1.29, 1.82) is 0 Å². The molecule has 0 bridgehead atoms. The number of hydrogen-bond donors (Lipinski definition) is 0. The third kappa shape index (κ3) is 7.44. The zero-order valence-corrected chi connectivity index (χ0v) is 22.5. The van der Waals surface area contributed by atoms with Gasteiger partial charge in [-0.2, -0.15) is 13.2 Å². The number of halogens is 3. The SMILES string of the molecule is CC(C)N1CCC(N(Cc2cncc(N(C)c3ccncc3)c2)C(=O)/C=C/c2ccc(C(F)(F)F)cc2)CC1. The summed E-state index contributed by atoms with van der Waals surface area (Å²) in [5.41, 5.74) is 2.58. The van der Waals surface area contributed by atoms with Crippen LogP contribution in [0.25, 0.3) is 6.08 Å². The fourth-order valence-corrected chi connectivity index (χ4v) is 4.80. The molecule has 4 rings (SSSR count). The maximum absolute atomic E-state index is 13.5. The molecule has 3 heterocycles. The number of piperidine rings is 1. The first-order chi connectivity index (χ1) is 18.6. The van der Waals surface area contributed by atoms with E-state index < -0.39 is 11.7 Å². The molecule has 1 aliphatic rings. The number of alkyl halides is 3. The van der Waals surface area contributed by atoms with Crippen LogP contribution >= 0.6 is 0 Å². The molecule has 2 aromatic heterocycles. The Morgan fingerprint density at radius 1 is 1.03 bits per heavy atom. The highest BCUT2D eigenvalue weighted by Crippen LogP contribution is 2.29. The quantitative estimate of drug-likeness (QED) is 0.321. The van der Waals surface area contributed by atoms with Crippen LogP contribution in [0.5, 0.6) is 0 Å². The average Bonchev–Trinajstić information content (AvgIpc) is 2.94. The number of pyridine rings is 2. The maximum atomic E-state index is 13.5. The van der Waals surface area contributed by atoms with E-state index in [9.17, 15) is 18.0 Å². The van der Waals surface area contributed by atoms with Crippen molar-refractivity contribution in [2.45, 2.75) is 51.5 Å². The largest absolute Gasteiger partial charge is 0.416 e. The number of aromatic nitrogens is 2. The van der Waals surface area contributed by atoms with Crippen molar-refractivity contribution < 1.29 is 18.0 Å². The lowest BCUT2D eigenvalue weighted by molar-refractivity contribution is -0.137. The van der Waals surface area contributed by atoms with Crippen LogP contribution in [0.15, 0.2) is 73.3 Å². The van der Waals surface area contributed by atoms with Crippen molar-refractivity contribution in [1.82, 2.24) is 19.8 Å². The first-order valence-corrected chi connectivity index (χ1v) is 13.1. The van der Waals surface area contributed by atoms with Crippen LogP contribution in [0.1, 0.15) is 43.4 Å². The first kappa shape index (κ1) is 28.3. The van der Waals surface area contributed by atoms with Crippen molar-refractivity contribution in [3.05, 3.63) is 90.0 Å². The first-order valence-electron chi connectivity index (χ1n) is 13.1. The number of rotatable bonds is 8. The van der Waals surface area contributed by atoms with Crippen molar-refractivity contribution in [2.24, 2.45) is 0 Å². The fourth-order valence-electron chi connectivity index (χ4n) is 4.80. The Hall–Kier alpha value is -3.72. The molecule has 9 heteroatoms. The van der Waals surface area contributed by atoms with Crippen LogP contribution in [0.3, 0.4) is 0 Å². The third-order valence-corrected chi connectivity index (χ3v) is 7.18. The normalized spacial score (nSPS) is 15.2. The lowest BCUT2D eigenvalue weighted by atomic mass is 10.0. The van der Waals surface area contributed by atoms with Gasteiger partial charge in [-0.3, -0.25) is 14.8 Å². The van der Waals surface area contributed by atoms with Gasteiger partial charge < -0.3 is 14.7 Å². The second-order valence-electron chi connectivity index (χ2n) is 10.1. The summed E-state index contributed by atoms with van der Waals surface area (Å²) in [5, 5.41) is 0. The summed E-state index contributed by atoms with van der Waals surface area (Å²) in [7, 11) is 1.95. The number of hydrogen-bond acceptors (Lipinski definition) is 5. The summed E-state index contributed by atoms with van der Waals surface area (Å²) in [5.74, 6) is -0.175. The molecule has 0 unspecified atom stereocenters. The molecule has 0 saturated carbocycles. The molecule has 1 aromatic carbocycles. The molecule has 0 atom stereocenters. The van der Waals surface area contributed by atoms with Gasteiger partial charge >= 0.3 is 6.18 Å². The molecule has 1 amide bonds. The zero-order chi connectivity index (χ0) is 28.0. The van der Waals surface area contributed by atoms with E-state index in [1.54, 1.807) is 30.9 Å². The molecule has 0 spiro atoms. The van der Waals surface area contributed by atoms with Gasteiger partial charge in [-0.05, 0) is 74.2 Å². The van der Waals surface area contributed by atoms with Crippen LogP contribution in [-0.4, -0.2) is 57.9 Å². The number of carbonyl (C=O) groups is 1. The predicted octanol–water partition coefficient (Wildman–Crippen LogP) is 6.18. The summed E-state index contributed by atoms with van der Waals surface area (Å²) < 4.78 is 38.7. The molecule has 1 saturated heterocycles. The second kappa shape index (κ2) is 12.4. The Labute approximate surface area is 227 Å². The number of anilines is 2. The molecule has 206 valence electrons. The van der Waals surface area contributed by atoms with Crippen LogP contribution < -0.4 is 4.90 Å². The minimum Gasteiger partial charge on any atom is -0.343 e. The highest BCUT2D eigenvalue weighted by molar-refractivity contribution is 5.92. The Balaban J connectivity index is 1.54. The van der Waals surface area contributed by atoms with E-state index in [1.807, 2.05) is 35.0 Å². The highest BCUT2D eigenvalue weighted by atomic mass is 19.4. The monoisotopic (exact) mass is 537 g/mol. The summed E-state index contributed by atoms with van der Waals surface area (Å²) in [4.78, 5) is 28.3. The van der Waals surface area contributed by atoms with E-state index in [0.29, 0.717) is 18.2 Å². The lowest BCUT2D eigenvalue weighted by Crippen LogP contribution is -2.48. The van der Waals surface area contributed by atoms with Crippen molar-refractivity contribution in [3.63, 3.8) is 0 Å². The van der Waals surface area contributed by atoms with E-state index >= 15 is 0 Å². The zero-order valence-electron chi connectivity index (χ0n) is 22.5. The van der Waals surface area contributed by atoms with Gasteiger partial charge in [0.1, 0.15) is 0 Å². The molecule has 3 aromatic rings. The Bertz CT molecular complexity index is 1250. The average molecular weight is 538 g/mol. The van der Waals surface area contributed by atoms with Crippen LogP contribution in [0.2, 0.25) is 0 Å². The summed E-state index contributed by atoms with van der Waals surface area (Å²) in [6, 6.07) is 11.1. The van der Waals surface area contributed by atoms with E-state index in [0.717, 1.165) is 55.0 Å². The smallest absolute Gasteiger partial charge is 0.343 e. The van der Waals surface area contributed by atoms with Gasteiger partial charge in [0.05, 0.1) is 17.4 Å². The minimum atomic E-state index is -4.40. The number of likely N-dealkylation sites (tertiary alicyclic amines) is 1. The summed E-state index contributed by atoms with van der Waals surface area (Å²) >= 11 is 0. The number of amides is 1. The molecular weight excluding hydrogens is 503 g/mol. The molecular formula is C30H34F3N5O. The molecule has 1 aliphatic heterocycles. The van der Waals surface area contributed by atoms with E-state index in [2.05, 4.69) is 28.7 Å². The number of benzene rings is 1. The summed E-state index contributed by atoms with van der Waals surface area (Å²) in [6.45, 7) is 6.53. The number of nitrogens with zero attached hydrogens (tertiary/aromatic N) is 5. The van der Waals surface area contributed by atoms with Gasteiger partial charge in [0.2, 0.25) is 5.91 Å². The van der Waals surface area contributed by atoms with Crippen LogP contribution in [-0.2, 0) is 17.5 Å². The molecule has 1 fully saturated rings. The van der Waals surface area contributed by atoms with Gasteiger partial charge in [-0.15, -0.1) is 0 Å². The van der Waals surface area contributed by atoms with E-state index in [4.69, 9.17) is 0 Å². The fraction of sp³-hybridized carbons (Fsp3) is 0.367. The molecule has 6 nitrogen and oxygen atoms in total. The lowest BCUT2D eigenvalue weighted by Gasteiger charge is -2.39. The standard InChI is InChI=1S/C30H34F3N5O/c1-22(2)37-16-12-27(13-17-37)38(29(39)9-6-23-4-7-25(8-5-23)30(31,32)33)21-24-18-28(20-35-19-24)36(3)26-10-14-34-15-11-26/h4-11,14-15,18-20,22,27H,12-13,16-17,21H2,1-3H3/b9-6+. The summed E-state index contributed by atoms with van der Waals surface area (Å²) in [6.07, 6.45) is 7.35. The van der Waals surface area contributed by atoms with Crippen LogP contribution in [0, 0.1) is 0 Å². The predicted molar refractivity (Wildman–Crippen MR) is 147 cm³/mol. The van der Waals surface area contributed by atoms with E-state index in [-0.39, 0.29) is 11.9 Å². The van der Waals surface area contributed by atoms with Crippen molar-refractivity contribution in [2.75, 3.05) is 25.0 Å². The topological polar surface area (TPSA) is 52.6 Å². The van der Waals surface area contributed by atoms with E-state index in [1.165, 1.54) is 18.2 Å². The number of carbonyl (C=O) groups excluding carboxylic acids is 1. The van der Waals surface area contributed by atoms with Gasteiger partial charge in [-0.25, -0.2) is 0 Å². The van der Waals surface area contributed by atoms with Crippen LogP contribution in [0.4, 0.5) is 24.5 Å². The van der Waals surface area contributed by atoms with Gasteiger partial charge in [0.25, 0.3) is 0 Å². The second-order valence-corrected chi connectivity index (χ2v) is 10.1. The molecule has 0 aliphatic carbocycles. The molecule has 0 N–H and O–H groups in total. The Kier molecular flexibility index (Phi) is 9.01. The Morgan fingerprint density at radius 3 is 2.31 bits per heavy atom. The maximum Gasteiger partial charge on any atom is 0.416 e. The van der Waals surface area contributed by atoms with Gasteiger partial charge in [0.15, 0.2) is 0 Å². The Morgan fingerprint density at radius 2 is 1.69 bits per heavy atom. The molecule has 0 radical (unpaired) electrons. The minimum absolute atomic E-state index is 0.0475. The van der Waals surface area contributed by atoms with Gasteiger partial charge in [-0.1, -0.05) is 12.1 Å². The molecule has 39 heavy (non-hydrogen) atoms. The third-order valence-electron chi connectivity index (χ3n) is 7.18. The van der Waals surface area contributed by atoms with Crippen molar-refractivity contribution in [3.8, 4) is 0 Å². The highest BCUT2D eigenvalue weighted by Gasteiger charge is 2.30. The van der Waals surface area contributed by atoms with Crippen molar-refractivity contribution >= 4 is 23.4 Å². The van der Waals surface area contributed by atoms with Gasteiger partial charge in [0, 0.05) is 69.1 Å².